The lowest BCUT2D eigenvalue weighted by Gasteiger charge is -2.19. The third-order valence-corrected chi connectivity index (χ3v) is 5.39. The number of hydrogen-bond donors (Lipinski definition) is 0. The van der Waals surface area contributed by atoms with E-state index in [1.54, 1.807) is 0 Å². The average Bonchev–Trinajstić information content (AvgIpc) is 3.22. The van der Waals surface area contributed by atoms with Crippen LogP contribution in [0.4, 0.5) is 5.69 Å². The summed E-state index contributed by atoms with van der Waals surface area (Å²) < 4.78 is 1.84. The first-order valence-electron chi connectivity index (χ1n) is 8.57. The van der Waals surface area contributed by atoms with E-state index in [2.05, 4.69) is 4.99 Å². The molecule has 0 saturated carbocycles. The van der Waals surface area contributed by atoms with Gasteiger partial charge in [-0.2, -0.15) is 4.57 Å². The number of carbonyl (C=O) groups excluding carboxylic acids is 1. The van der Waals surface area contributed by atoms with Crippen LogP contribution in [0.25, 0.3) is 0 Å². The number of benzene rings is 1. The molecule has 2 heterocycles. The molecule has 27 heavy (non-hydrogen) atoms. The Morgan fingerprint density at radius 2 is 1.81 bits per heavy atom. The van der Waals surface area contributed by atoms with E-state index in [4.69, 9.17) is 12.6 Å². The van der Waals surface area contributed by atoms with E-state index in [0.717, 1.165) is 11.3 Å². The molecule has 138 valence electrons. The molecule has 1 aromatic carbocycles. The number of Topliss-reactive ketones (excluding diaryl/α,β-unsaturated/α-hetero) is 1. The van der Waals surface area contributed by atoms with Crippen molar-refractivity contribution in [3.63, 3.8) is 0 Å². The van der Waals surface area contributed by atoms with Gasteiger partial charge in [-0.05, 0) is 22.1 Å². The van der Waals surface area contributed by atoms with Crippen molar-refractivity contribution in [1.29, 1.82) is 0 Å². The Hall–Kier alpha value is -2.57. The van der Waals surface area contributed by atoms with E-state index in [1.807, 2.05) is 95.9 Å². The Morgan fingerprint density at radius 3 is 2.41 bits per heavy atom. The van der Waals surface area contributed by atoms with Gasteiger partial charge in [0.25, 0.3) is 0 Å². The largest absolute Gasteiger partial charge is 0.758 e. The van der Waals surface area contributed by atoms with Crippen molar-refractivity contribution < 1.29 is 9.36 Å². The second kappa shape index (κ2) is 8.88. The van der Waals surface area contributed by atoms with Crippen molar-refractivity contribution in [2.24, 2.45) is 4.99 Å². The van der Waals surface area contributed by atoms with Crippen LogP contribution in [0.15, 0.2) is 77.4 Å². The predicted molar refractivity (Wildman–Crippen MR) is 114 cm³/mol. The maximum absolute atomic E-state index is 13.1. The lowest BCUT2D eigenvalue weighted by molar-refractivity contribution is -0.691. The molecule has 4 nitrogen and oxygen atoms in total. The fraction of sp³-hybridized carbons (Fsp3) is 0.190. The average molecular weight is 396 g/mol. The van der Waals surface area contributed by atoms with Crippen molar-refractivity contribution in [3.05, 3.63) is 82.8 Å². The van der Waals surface area contributed by atoms with Crippen LogP contribution in [0.2, 0.25) is 0 Å². The normalized spacial score (nSPS) is 12.6. The van der Waals surface area contributed by atoms with Crippen LogP contribution < -0.4 is 9.47 Å². The number of rotatable bonds is 7. The molecule has 0 aliphatic carbocycles. The Bertz CT molecular complexity index is 904. The molecule has 0 saturated heterocycles. The third-order valence-electron chi connectivity index (χ3n) is 4.16. The van der Waals surface area contributed by atoms with Gasteiger partial charge in [-0.3, -0.25) is 4.79 Å². The second-order valence-electron chi connectivity index (χ2n) is 6.28. The summed E-state index contributed by atoms with van der Waals surface area (Å²) in [4.78, 5) is 20.3. The minimum absolute atomic E-state index is 0.0329. The molecule has 6 heteroatoms. The Kier molecular flexibility index (Phi) is 6.32. The lowest BCUT2D eigenvalue weighted by atomic mass is 10.1. The molecule has 0 N–H and O–H groups in total. The second-order valence-corrected chi connectivity index (χ2v) is 7.65. The Morgan fingerprint density at radius 1 is 1.11 bits per heavy atom. The topological polar surface area (TPSA) is 36.5 Å². The van der Waals surface area contributed by atoms with E-state index in [-0.39, 0.29) is 5.78 Å². The minimum Gasteiger partial charge on any atom is -0.758 e. The Balaban J connectivity index is 1.92. The lowest BCUT2D eigenvalue weighted by Crippen LogP contribution is -2.47. The summed E-state index contributed by atoms with van der Waals surface area (Å²) in [5.41, 5.74) is 2.12. The van der Waals surface area contributed by atoms with Gasteiger partial charge in [0.1, 0.15) is 0 Å². The van der Waals surface area contributed by atoms with Gasteiger partial charge in [0.05, 0.1) is 11.4 Å². The third kappa shape index (κ3) is 4.78. The first-order valence-corrected chi connectivity index (χ1v) is 9.86. The van der Waals surface area contributed by atoms with Crippen LogP contribution in [-0.4, -0.2) is 24.9 Å². The number of thiophene rings is 1. The van der Waals surface area contributed by atoms with Crippen molar-refractivity contribution >= 4 is 40.5 Å². The van der Waals surface area contributed by atoms with Gasteiger partial charge >= 0.3 is 0 Å². The first kappa shape index (κ1) is 19.2. The van der Waals surface area contributed by atoms with Crippen LogP contribution in [0.5, 0.6) is 0 Å². The van der Waals surface area contributed by atoms with Gasteiger partial charge in [0, 0.05) is 31.9 Å². The molecule has 0 unspecified atom stereocenters. The van der Waals surface area contributed by atoms with Crippen molar-refractivity contribution in [3.8, 4) is 0 Å². The highest BCUT2D eigenvalue weighted by Crippen LogP contribution is 2.18. The van der Waals surface area contributed by atoms with E-state index >= 15 is 0 Å². The summed E-state index contributed by atoms with van der Waals surface area (Å²) in [7, 11) is 3.96. The molecule has 0 radical (unpaired) electrons. The van der Waals surface area contributed by atoms with Gasteiger partial charge in [-0.25, -0.2) is 0 Å². The summed E-state index contributed by atoms with van der Waals surface area (Å²) in [5.74, 6) is -0.0329. The molecule has 0 spiro atoms. The van der Waals surface area contributed by atoms with Crippen LogP contribution in [0.1, 0.15) is 21.3 Å². The summed E-state index contributed by atoms with van der Waals surface area (Å²) in [6.45, 7) is 0.463. The number of ketones is 1. The van der Waals surface area contributed by atoms with Gasteiger partial charge in [-0.1, -0.05) is 36.4 Å². The van der Waals surface area contributed by atoms with Crippen LogP contribution in [0.3, 0.4) is 0 Å². The number of hydrogen-bond acceptors (Lipinski definition) is 5. The zero-order chi connectivity index (χ0) is 19.2. The molecule has 0 aliphatic heterocycles. The molecular formula is C21H21N3OS2. The Labute approximate surface area is 169 Å². The molecule has 3 rings (SSSR count). The van der Waals surface area contributed by atoms with Crippen LogP contribution in [-0.2, 0) is 19.2 Å². The highest BCUT2D eigenvalue weighted by atomic mass is 32.1. The molecule has 1 atom stereocenters. The maximum atomic E-state index is 13.1. The zero-order valence-electron chi connectivity index (χ0n) is 15.3. The van der Waals surface area contributed by atoms with Gasteiger partial charge in [0.2, 0.25) is 11.8 Å². The SMILES string of the molecule is CN(C)c1cc[n+]([C@H](C(=O)c2cccs2)C([S-])=NCc2ccccc2)cc1. The van der Waals surface area contributed by atoms with Crippen molar-refractivity contribution in [2.45, 2.75) is 12.6 Å². The summed E-state index contributed by atoms with van der Waals surface area (Å²) >= 11 is 7.00. The van der Waals surface area contributed by atoms with Gasteiger partial charge < -0.3 is 22.5 Å². The smallest absolute Gasteiger partial charge is 0.244 e. The number of carbonyl (C=O) groups is 1. The maximum Gasteiger partial charge on any atom is 0.244 e. The summed E-state index contributed by atoms with van der Waals surface area (Å²) in [6, 6.07) is 16.9. The number of nitrogens with zero attached hydrogens (tertiary/aromatic N) is 3. The molecule has 0 fully saturated rings. The van der Waals surface area contributed by atoms with Gasteiger partial charge in [-0.15, -0.1) is 11.3 Å². The summed E-state index contributed by atoms with van der Waals surface area (Å²) in [5, 5.41) is 2.29. The number of anilines is 1. The first-order chi connectivity index (χ1) is 13.1. The van der Waals surface area contributed by atoms with E-state index in [0.29, 0.717) is 16.5 Å². The number of pyridine rings is 1. The molecule has 0 bridgehead atoms. The van der Waals surface area contributed by atoms with E-state index in [1.165, 1.54) is 11.3 Å². The minimum atomic E-state index is -0.626. The quantitative estimate of drug-likeness (QED) is 0.201. The van der Waals surface area contributed by atoms with Crippen LogP contribution >= 0.6 is 11.3 Å². The van der Waals surface area contributed by atoms with E-state index in [9.17, 15) is 4.79 Å². The zero-order valence-corrected chi connectivity index (χ0v) is 16.9. The van der Waals surface area contributed by atoms with Crippen molar-refractivity contribution in [2.75, 3.05) is 19.0 Å². The molecule has 3 aromatic rings. The van der Waals surface area contributed by atoms with Gasteiger partial charge in [0.15, 0.2) is 12.4 Å². The highest BCUT2D eigenvalue weighted by Gasteiger charge is 2.29. The highest BCUT2D eigenvalue weighted by molar-refractivity contribution is 7.77. The standard InChI is InChI=1S/C21H21N3OS2/c1-23(2)17-10-12-24(13-11-17)19(20(25)18-9-6-14-27-18)21(26)22-15-16-7-4-3-5-8-16/h3-14,19H,15H2,1-2H3/t19-/m1/s1. The number of aliphatic imine (C=N–C) groups is 1. The van der Waals surface area contributed by atoms with Crippen molar-refractivity contribution in [1.82, 2.24) is 0 Å². The summed E-state index contributed by atoms with van der Waals surface area (Å²) in [6.07, 6.45) is 3.77. The predicted octanol–water partition coefficient (Wildman–Crippen LogP) is 3.67. The fourth-order valence-electron chi connectivity index (χ4n) is 2.67. The van der Waals surface area contributed by atoms with E-state index < -0.39 is 6.04 Å². The molecular weight excluding hydrogens is 374 g/mol. The number of aromatic nitrogens is 1. The molecule has 0 aliphatic rings. The fourth-order valence-corrected chi connectivity index (χ4v) is 3.65. The van der Waals surface area contributed by atoms with Crippen LogP contribution in [0, 0.1) is 0 Å². The molecule has 2 aromatic heterocycles. The monoisotopic (exact) mass is 395 g/mol. The molecule has 0 amide bonds.